The Morgan fingerprint density at radius 3 is 1.33 bits per heavy atom. The molecule has 0 aliphatic carbocycles. The first-order valence-corrected chi connectivity index (χ1v) is 1.41. The predicted molar refractivity (Wildman–Crippen MR) is 30.9 cm³/mol. The highest BCUT2D eigenvalue weighted by atomic mass is 27.0. The molecule has 0 aromatic heterocycles. The third kappa shape index (κ3) is 259. The monoisotopic (exact) mass is 108 g/mol. The van der Waals surface area contributed by atoms with Crippen molar-refractivity contribution in [1.29, 1.82) is 0 Å². The van der Waals surface area contributed by atoms with E-state index in [4.69, 9.17) is 5.11 Å². The van der Waals surface area contributed by atoms with Crippen molar-refractivity contribution in [3.05, 3.63) is 0 Å². The molecular formula is C3H13AlO2. The van der Waals surface area contributed by atoms with Crippen LogP contribution in [0, 0.1) is 0 Å². The summed E-state index contributed by atoms with van der Waals surface area (Å²) >= 11 is 0. The summed E-state index contributed by atoms with van der Waals surface area (Å²) in [5, 5.41) is 8.06. The summed E-state index contributed by atoms with van der Waals surface area (Å²) in [6.07, 6.45) is -0.167. The first kappa shape index (κ1) is 16.1. The summed E-state index contributed by atoms with van der Waals surface area (Å²) in [6, 6.07) is 0. The molecule has 0 atom stereocenters. The normalized spacial score (nSPS) is 6.00. The number of aliphatic hydroxyl groups is 1. The van der Waals surface area contributed by atoms with E-state index in [1.54, 1.807) is 13.8 Å². The predicted octanol–water partition coefficient (Wildman–Crippen LogP) is -1.62. The van der Waals surface area contributed by atoms with Crippen molar-refractivity contribution in [2.24, 2.45) is 0 Å². The third-order valence-corrected chi connectivity index (χ3v) is 0. The first-order valence-electron chi connectivity index (χ1n) is 1.41. The number of hydrogen-bond acceptors (Lipinski definition) is 1. The molecule has 0 saturated heterocycles. The standard InChI is InChI=1S/C3H8O.Al.H2O.3H/c1-3(2)4;;;;;/h3-4H,1-2H3;;1H2;;;. The van der Waals surface area contributed by atoms with Gasteiger partial charge in [0.05, 0.1) is 0 Å². The summed E-state index contributed by atoms with van der Waals surface area (Å²) in [6.45, 7) is 3.44. The van der Waals surface area contributed by atoms with E-state index in [2.05, 4.69) is 0 Å². The van der Waals surface area contributed by atoms with Crippen LogP contribution in [-0.4, -0.2) is 34.0 Å². The van der Waals surface area contributed by atoms with Gasteiger partial charge in [-0.25, -0.2) is 0 Å². The van der Waals surface area contributed by atoms with Gasteiger partial charge in [-0.1, -0.05) is 0 Å². The number of rotatable bonds is 0. The van der Waals surface area contributed by atoms with E-state index in [1.165, 1.54) is 0 Å². The molecule has 0 heterocycles. The molecule has 0 fully saturated rings. The SMILES string of the molecule is CC(C)O.O.[AlH3]. The molecule has 3 N–H and O–H groups in total. The second-order valence-electron chi connectivity index (χ2n) is 1.09. The van der Waals surface area contributed by atoms with Crippen LogP contribution in [-0.2, 0) is 0 Å². The van der Waals surface area contributed by atoms with Crippen molar-refractivity contribution in [1.82, 2.24) is 0 Å². The van der Waals surface area contributed by atoms with Gasteiger partial charge in [-0.05, 0) is 13.8 Å². The van der Waals surface area contributed by atoms with Gasteiger partial charge in [-0.2, -0.15) is 0 Å². The van der Waals surface area contributed by atoms with Crippen LogP contribution in [0.15, 0.2) is 0 Å². The van der Waals surface area contributed by atoms with E-state index in [0.717, 1.165) is 0 Å². The Morgan fingerprint density at radius 1 is 1.33 bits per heavy atom. The lowest BCUT2D eigenvalue weighted by atomic mass is 10.5. The minimum Gasteiger partial charge on any atom is -0.412 e. The fourth-order valence-electron chi connectivity index (χ4n) is 0. The molecule has 0 bridgehead atoms. The van der Waals surface area contributed by atoms with Gasteiger partial charge in [0.25, 0.3) is 0 Å². The third-order valence-electron chi connectivity index (χ3n) is 0. The molecule has 0 amide bonds. The Kier molecular flexibility index (Phi) is 24.3. The number of hydrogen-bond donors (Lipinski definition) is 1. The summed E-state index contributed by atoms with van der Waals surface area (Å²) < 4.78 is 0. The van der Waals surface area contributed by atoms with Crippen molar-refractivity contribution < 1.29 is 10.6 Å². The average Bonchev–Trinajstić information content (AvgIpc) is 0.811. The lowest BCUT2D eigenvalue weighted by Gasteiger charge is -1.80. The van der Waals surface area contributed by atoms with Gasteiger partial charge in [0.15, 0.2) is 17.4 Å². The topological polar surface area (TPSA) is 51.7 Å². The highest BCUT2D eigenvalue weighted by molar-refractivity contribution is 5.75. The van der Waals surface area contributed by atoms with E-state index in [-0.39, 0.29) is 28.9 Å². The maximum absolute atomic E-state index is 8.06. The Hall–Kier alpha value is 0.452. The van der Waals surface area contributed by atoms with Crippen LogP contribution in [0.3, 0.4) is 0 Å². The molecule has 0 aliphatic heterocycles. The first-order chi connectivity index (χ1) is 1.73. The van der Waals surface area contributed by atoms with E-state index < -0.39 is 0 Å². The number of aliphatic hydroxyl groups excluding tert-OH is 1. The van der Waals surface area contributed by atoms with E-state index in [9.17, 15) is 0 Å². The van der Waals surface area contributed by atoms with Crippen molar-refractivity contribution in [3.8, 4) is 0 Å². The summed E-state index contributed by atoms with van der Waals surface area (Å²) in [5.41, 5.74) is 0. The van der Waals surface area contributed by atoms with Crippen LogP contribution in [0.25, 0.3) is 0 Å². The van der Waals surface area contributed by atoms with Gasteiger partial charge in [-0.15, -0.1) is 0 Å². The van der Waals surface area contributed by atoms with Gasteiger partial charge in [0.2, 0.25) is 0 Å². The molecule has 6 heavy (non-hydrogen) atoms. The van der Waals surface area contributed by atoms with Crippen LogP contribution in [0.1, 0.15) is 13.8 Å². The fraction of sp³-hybridized carbons (Fsp3) is 1.00. The van der Waals surface area contributed by atoms with Crippen molar-refractivity contribution >= 4 is 17.4 Å². The molecule has 40 valence electrons. The molecule has 0 aliphatic rings. The molecule has 0 spiro atoms. The second-order valence-corrected chi connectivity index (χ2v) is 1.09. The molecule has 0 saturated carbocycles. The van der Waals surface area contributed by atoms with Gasteiger partial charge < -0.3 is 10.6 Å². The van der Waals surface area contributed by atoms with Crippen molar-refractivity contribution in [2.45, 2.75) is 20.0 Å². The molecule has 2 nitrogen and oxygen atoms in total. The Balaban J connectivity index is -0.0000000450. The van der Waals surface area contributed by atoms with Gasteiger partial charge >= 0.3 is 0 Å². The largest absolute Gasteiger partial charge is 0.412 e. The minimum absolute atomic E-state index is 0. The Morgan fingerprint density at radius 2 is 1.33 bits per heavy atom. The van der Waals surface area contributed by atoms with E-state index in [0.29, 0.717) is 0 Å². The van der Waals surface area contributed by atoms with Crippen molar-refractivity contribution in [3.63, 3.8) is 0 Å². The zero-order chi connectivity index (χ0) is 3.58. The van der Waals surface area contributed by atoms with Crippen LogP contribution in [0.5, 0.6) is 0 Å². The van der Waals surface area contributed by atoms with E-state index >= 15 is 0 Å². The maximum atomic E-state index is 8.06. The van der Waals surface area contributed by atoms with Crippen LogP contribution < -0.4 is 0 Å². The van der Waals surface area contributed by atoms with E-state index in [1.807, 2.05) is 0 Å². The fourth-order valence-corrected chi connectivity index (χ4v) is 0. The quantitative estimate of drug-likeness (QED) is 0.372. The molecule has 0 aromatic rings. The summed E-state index contributed by atoms with van der Waals surface area (Å²) in [5.74, 6) is 0. The molecule has 0 aromatic carbocycles. The summed E-state index contributed by atoms with van der Waals surface area (Å²) in [4.78, 5) is 0. The second kappa shape index (κ2) is 9.07. The highest BCUT2D eigenvalue weighted by Crippen LogP contribution is 1.65. The van der Waals surface area contributed by atoms with Crippen LogP contribution in [0.2, 0.25) is 0 Å². The maximum Gasteiger partial charge on any atom is 0.187 e. The van der Waals surface area contributed by atoms with Crippen LogP contribution in [0.4, 0.5) is 0 Å². The highest BCUT2D eigenvalue weighted by Gasteiger charge is 1.69. The Labute approximate surface area is 48.6 Å². The minimum atomic E-state index is -0.167. The zero-order valence-corrected chi connectivity index (χ0v) is 3.52. The molecule has 0 radical (unpaired) electrons. The molecule has 3 heteroatoms. The van der Waals surface area contributed by atoms with Gasteiger partial charge in [0, 0.05) is 6.10 Å². The average molecular weight is 108 g/mol. The lowest BCUT2D eigenvalue weighted by molar-refractivity contribution is 0.216. The molecule has 0 unspecified atom stereocenters. The van der Waals surface area contributed by atoms with Crippen LogP contribution >= 0.6 is 0 Å². The zero-order valence-electron chi connectivity index (χ0n) is 3.52. The van der Waals surface area contributed by atoms with Gasteiger partial charge in [-0.3, -0.25) is 0 Å². The van der Waals surface area contributed by atoms with Gasteiger partial charge in [0.1, 0.15) is 0 Å². The van der Waals surface area contributed by atoms with Crippen molar-refractivity contribution in [2.75, 3.05) is 0 Å². The molecule has 0 rings (SSSR count). The Bertz CT molecular complexity index is 13.5. The lowest BCUT2D eigenvalue weighted by Crippen LogP contribution is -1.85. The smallest absolute Gasteiger partial charge is 0.187 e. The molecular weight excluding hydrogens is 95.0 g/mol. The summed E-state index contributed by atoms with van der Waals surface area (Å²) in [7, 11) is 0.